The first-order chi connectivity index (χ1) is 7.27. The molecule has 80 valence electrons. The van der Waals surface area contributed by atoms with Crippen LogP contribution in [0.5, 0.6) is 5.88 Å². The summed E-state index contributed by atoms with van der Waals surface area (Å²) < 4.78 is 5.41. The van der Waals surface area contributed by atoms with Crippen LogP contribution < -0.4 is 4.74 Å². The SMILES string of the molecule is O=C(O)c1cccnc1OCC1CCC1. The van der Waals surface area contributed by atoms with Crippen molar-refractivity contribution in [3.63, 3.8) is 0 Å². The van der Waals surface area contributed by atoms with Gasteiger partial charge in [-0.1, -0.05) is 6.42 Å². The summed E-state index contributed by atoms with van der Waals surface area (Å²) in [7, 11) is 0. The van der Waals surface area contributed by atoms with E-state index in [9.17, 15) is 4.79 Å². The second-order valence-electron chi connectivity index (χ2n) is 3.77. The molecule has 4 nitrogen and oxygen atoms in total. The lowest BCUT2D eigenvalue weighted by Crippen LogP contribution is -2.20. The van der Waals surface area contributed by atoms with E-state index in [1.165, 1.54) is 25.3 Å². The number of carboxylic acids is 1. The van der Waals surface area contributed by atoms with Gasteiger partial charge in [-0.25, -0.2) is 9.78 Å². The van der Waals surface area contributed by atoms with E-state index < -0.39 is 5.97 Å². The number of aromatic carboxylic acids is 1. The smallest absolute Gasteiger partial charge is 0.341 e. The Morgan fingerprint density at radius 2 is 2.40 bits per heavy atom. The van der Waals surface area contributed by atoms with Crippen molar-refractivity contribution in [1.29, 1.82) is 0 Å². The highest BCUT2D eigenvalue weighted by Crippen LogP contribution is 2.27. The Balaban J connectivity index is 2.02. The summed E-state index contributed by atoms with van der Waals surface area (Å²) in [4.78, 5) is 14.8. The number of ether oxygens (including phenoxy) is 1. The molecule has 1 aromatic heterocycles. The summed E-state index contributed by atoms with van der Waals surface area (Å²) in [6.45, 7) is 0.581. The van der Waals surface area contributed by atoms with Gasteiger partial charge in [-0.2, -0.15) is 0 Å². The van der Waals surface area contributed by atoms with Crippen molar-refractivity contribution < 1.29 is 14.6 Å². The van der Waals surface area contributed by atoms with Crippen LogP contribution >= 0.6 is 0 Å². The number of rotatable bonds is 4. The third kappa shape index (κ3) is 2.26. The summed E-state index contributed by atoms with van der Waals surface area (Å²) in [5.41, 5.74) is 0.136. The van der Waals surface area contributed by atoms with Gasteiger partial charge in [0.05, 0.1) is 6.61 Å². The van der Waals surface area contributed by atoms with Crippen LogP contribution in [0.3, 0.4) is 0 Å². The lowest BCUT2D eigenvalue weighted by atomic mass is 9.86. The monoisotopic (exact) mass is 207 g/mol. The van der Waals surface area contributed by atoms with E-state index in [1.807, 2.05) is 0 Å². The van der Waals surface area contributed by atoms with Crippen molar-refractivity contribution in [2.75, 3.05) is 6.61 Å². The molecule has 0 unspecified atom stereocenters. The standard InChI is InChI=1S/C11H13NO3/c13-11(14)9-5-2-6-12-10(9)15-7-8-3-1-4-8/h2,5-6,8H,1,3-4,7H2,(H,13,14). The van der Waals surface area contributed by atoms with E-state index in [-0.39, 0.29) is 11.4 Å². The number of hydrogen-bond acceptors (Lipinski definition) is 3. The number of aromatic nitrogens is 1. The molecule has 4 heteroatoms. The molecule has 0 aliphatic heterocycles. The minimum atomic E-state index is -0.994. The Labute approximate surface area is 87.9 Å². The van der Waals surface area contributed by atoms with Crippen LogP contribution in [0.15, 0.2) is 18.3 Å². The molecule has 1 aromatic rings. The van der Waals surface area contributed by atoms with E-state index >= 15 is 0 Å². The average Bonchev–Trinajstić information content (AvgIpc) is 2.16. The number of nitrogens with zero attached hydrogens (tertiary/aromatic N) is 1. The minimum absolute atomic E-state index is 0.136. The van der Waals surface area contributed by atoms with Crippen molar-refractivity contribution in [2.24, 2.45) is 5.92 Å². The molecule has 2 rings (SSSR count). The van der Waals surface area contributed by atoms with E-state index in [0.717, 1.165) is 0 Å². The van der Waals surface area contributed by atoms with Crippen LogP contribution in [0, 0.1) is 5.92 Å². The topological polar surface area (TPSA) is 59.4 Å². The van der Waals surface area contributed by atoms with E-state index in [1.54, 1.807) is 12.3 Å². The highest BCUT2D eigenvalue weighted by Gasteiger charge is 2.19. The lowest BCUT2D eigenvalue weighted by molar-refractivity contribution is 0.0688. The zero-order valence-corrected chi connectivity index (χ0v) is 8.35. The molecule has 1 saturated carbocycles. The number of carbonyl (C=O) groups is 1. The molecule has 0 aromatic carbocycles. The van der Waals surface area contributed by atoms with Gasteiger partial charge in [-0.15, -0.1) is 0 Å². The largest absolute Gasteiger partial charge is 0.477 e. The second kappa shape index (κ2) is 4.29. The minimum Gasteiger partial charge on any atom is -0.477 e. The molecule has 0 bridgehead atoms. The first-order valence-corrected chi connectivity index (χ1v) is 5.08. The molecule has 0 radical (unpaired) electrons. The Hall–Kier alpha value is -1.58. The van der Waals surface area contributed by atoms with E-state index in [4.69, 9.17) is 9.84 Å². The molecule has 0 saturated heterocycles. The third-order valence-electron chi connectivity index (χ3n) is 2.68. The molecular formula is C11H13NO3. The van der Waals surface area contributed by atoms with Crippen molar-refractivity contribution >= 4 is 5.97 Å². The van der Waals surface area contributed by atoms with Crippen molar-refractivity contribution in [2.45, 2.75) is 19.3 Å². The van der Waals surface area contributed by atoms with Gasteiger partial charge in [0.25, 0.3) is 0 Å². The van der Waals surface area contributed by atoms with Crippen molar-refractivity contribution in [3.8, 4) is 5.88 Å². The third-order valence-corrected chi connectivity index (χ3v) is 2.68. The van der Waals surface area contributed by atoms with Crippen molar-refractivity contribution in [3.05, 3.63) is 23.9 Å². The molecule has 1 aliphatic carbocycles. The quantitative estimate of drug-likeness (QED) is 0.819. The van der Waals surface area contributed by atoms with Crippen LogP contribution in [0.25, 0.3) is 0 Å². The molecule has 0 atom stereocenters. The summed E-state index contributed by atoms with van der Waals surface area (Å²) in [6.07, 6.45) is 5.15. The fraction of sp³-hybridized carbons (Fsp3) is 0.455. The van der Waals surface area contributed by atoms with Crippen LogP contribution in [-0.2, 0) is 0 Å². The maximum Gasteiger partial charge on any atom is 0.341 e. The maximum absolute atomic E-state index is 10.8. The zero-order valence-electron chi connectivity index (χ0n) is 8.35. The Kier molecular flexibility index (Phi) is 2.85. The predicted octanol–water partition coefficient (Wildman–Crippen LogP) is 1.96. The predicted molar refractivity (Wildman–Crippen MR) is 54.0 cm³/mol. The first-order valence-electron chi connectivity index (χ1n) is 5.08. The fourth-order valence-electron chi connectivity index (χ4n) is 1.52. The number of hydrogen-bond donors (Lipinski definition) is 1. The lowest BCUT2D eigenvalue weighted by Gasteiger charge is -2.24. The highest BCUT2D eigenvalue weighted by molar-refractivity contribution is 5.90. The van der Waals surface area contributed by atoms with Gasteiger partial charge < -0.3 is 9.84 Å². The summed E-state index contributed by atoms with van der Waals surface area (Å²) in [5, 5.41) is 8.88. The fourth-order valence-corrected chi connectivity index (χ4v) is 1.52. The second-order valence-corrected chi connectivity index (χ2v) is 3.77. The molecular weight excluding hydrogens is 194 g/mol. The number of pyridine rings is 1. The van der Waals surface area contributed by atoms with E-state index in [0.29, 0.717) is 12.5 Å². The average molecular weight is 207 g/mol. The summed E-state index contributed by atoms with van der Waals surface area (Å²) in [5.74, 6) is -0.183. The normalized spacial score (nSPS) is 15.7. The molecule has 1 N–H and O–H groups in total. The van der Waals surface area contributed by atoms with Gasteiger partial charge in [0.15, 0.2) is 0 Å². The Morgan fingerprint density at radius 1 is 1.60 bits per heavy atom. The Morgan fingerprint density at radius 3 is 3.00 bits per heavy atom. The van der Waals surface area contributed by atoms with E-state index in [2.05, 4.69) is 4.98 Å². The van der Waals surface area contributed by atoms with Crippen LogP contribution in [0.4, 0.5) is 0 Å². The maximum atomic E-state index is 10.8. The molecule has 0 spiro atoms. The van der Waals surface area contributed by atoms with Crippen molar-refractivity contribution in [1.82, 2.24) is 4.98 Å². The van der Waals surface area contributed by atoms with Gasteiger partial charge >= 0.3 is 5.97 Å². The van der Waals surface area contributed by atoms with Gasteiger partial charge in [0.1, 0.15) is 5.56 Å². The molecule has 1 fully saturated rings. The highest BCUT2D eigenvalue weighted by atomic mass is 16.5. The first kappa shape index (κ1) is 9.96. The molecule has 15 heavy (non-hydrogen) atoms. The van der Waals surface area contributed by atoms with Crippen LogP contribution in [0.1, 0.15) is 29.6 Å². The van der Waals surface area contributed by atoms with Gasteiger partial charge in [0.2, 0.25) is 5.88 Å². The molecule has 0 amide bonds. The van der Waals surface area contributed by atoms with Crippen LogP contribution in [0.2, 0.25) is 0 Å². The summed E-state index contributed by atoms with van der Waals surface area (Å²) >= 11 is 0. The zero-order chi connectivity index (χ0) is 10.7. The van der Waals surface area contributed by atoms with Crippen LogP contribution in [-0.4, -0.2) is 22.7 Å². The molecule has 1 heterocycles. The van der Waals surface area contributed by atoms with Gasteiger partial charge in [-0.3, -0.25) is 0 Å². The number of carboxylic acid groups (broad SMARTS) is 1. The summed E-state index contributed by atoms with van der Waals surface area (Å²) in [6, 6.07) is 3.10. The van der Waals surface area contributed by atoms with Gasteiger partial charge in [-0.05, 0) is 30.9 Å². The molecule has 1 aliphatic rings. The van der Waals surface area contributed by atoms with Gasteiger partial charge in [0, 0.05) is 6.20 Å². The Bertz CT molecular complexity index is 361.